The fourth-order valence-corrected chi connectivity index (χ4v) is 6.88. The predicted octanol–water partition coefficient (Wildman–Crippen LogP) is 2.51. The van der Waals surface area contributed by atoms with E-state index in [9.17, 15) is 9.59 Å². The van der Waals surface area contributed by atoms with Crippen molar-refractivity contribution in [3.05, 3.63) is 46.2 Å². The molecule has 3 aliphatic heterocycles. The first kappa shape index (κ1) is 21.9. The van der Waals surface area contributed by atoms with Crippen molar-refractivity contribution in [1.29, 1.82) is 0 Å². The minimum atomic E-state index is -0.331. The average Bonchev–Trinajstić information content (AvgIpc) is 3.74. The first-order chi connectivity index (χ1) is 17.0. The highest BCUT2D eigenvalue weighted by Gasteiger charge is 2.60. The van der Waals surface area contributed by atoms with Crippen molar-refractivity contribution in [2.75, 3.05) is 26.2 Å². The number of rotatable bonds is 5. The van der Waals surface area contributed by atoms with Crippen LogP contribution in [0.4, 0.5) is 0 Å². The maximum atomic E-state index is 13.5. The van der Waals surface area contributed by atoms with Crippen molar-refractivity contribution in [1.82, 2.24) is 26.0 Å². The second kappa shape index (κ2) is 8.07. The minimum Gasteiger partial charge on any atom is -0.342 e. The van der Waals surface area contributed by atoms with Crippen molar-refractivity contribution < 1.29 is 9.59 Å². The molecule has 7 nitrogen and oxygen atoms in total. The van der Waals surface area contributed by atoms with Crippen LogP contribution < -0.4 is 16.2 Å². The van der Waals surface area contributed by atoms with E-state index in [1.54, 1.807) is 0 Å². The van der Waals surface area contributed by atoms with E-state index in [2.05, 4.69) is 51.1 Å². The Hall–Kier alpha value is -2.38. The lowest BCUT2D eigenvalue weighted by molar-refractivity contribution is -0.131. The maximum Gasteiger partial charge on any atom is 0.244 e. The SMILES string of the molecule is CC1=CC(C2=CC3=C(CC2)NNC3)CC=C1C1NC2(CC2)C(=O)N1C[C@@H]1CCN(C(=O)C2CC2)C1. The molecule has 4 aliphatic carbocycles. The molecule has 4 fully saturated rings. The largest absolute Gasteiger partial charge is 0.342 e. The lowest BCUT2D eigenvalue weighted by atomic mass is 9.81. The van der Waals surface area contributed by atoms with Gasteiger partial charge in [-0.3, -0.25) is 14.9 Å². The third-order valence-corrected chi connectivity index (χ3v) is 9.32. The van der Waals surface area contributed by atoms with E-state index < -0.39 is 0 Å². The zero-order valence-corrected chi connectivity index (χ0v) is 20.7. The predicted molar refractivity (Wildman–Crippen MR) is 133 cm³/mol. The quantitative estimate of drug-likeness (QED) is 0.570. The fourth-order valence-electron chi connectivity index (χ4n) is 6.88. The van der Waals surface area contributed by atoms with Crippen LogP contribution in [0.15, 0.2) is 46.2 Å². The molecular weight excluding hydrogens is 438 g/mol. The van der Waals surface area contributed by atoms with E-state index in [0.717, 1.165) is 77.5 Å². The Kier molecular flexibility index (Phi) is 5.04. The Morgan fingerprint density at radius 3 is 2.83 bits per heavy atom. The molecule has 2 saturated heterocycles. The number of hydrogen-bond donors (Lipinski definition) is 3. The number of nitrogens with one attached hydrogen (secondary N) is 3. The van der Waals surface area contributed by atoms with Crippen LogP contribution in [0, 0.1) is 17.8 Å². The zero-order valence-electron chi connectivity index (χ0n) is 20.7. The molecule has 1 spiro atoms. The molecule has 7 heteroatoms. The third kappa shape index (κ3) is 3.78. The van der Waals surface area contributed by atoms with Gasteiger partial charge in [0.15, 0.2) is 0 Å². The van der Waals surface area contributed by atoms with Gasteiger partial charge in [0.25, 0.3) is 0 Å². The summed E-state index contributed by atoms with van der Waals surface area (Å²) in [6, 6.07) is 0. The average molecular weight is 476 g/mol. The van der Waals surface area contributed by atoms with Gasteiger partial charge in [0, 0.05) is 43.7 Å². The summed E-state index contributed by atoms with van der Waals surface area (Å²) in [7, 11) is 0. The summed E-state index contributed by atoms with van der Waals surface area (Å²) in [5.74, 6) is 1.73. The van der Waals surface area contributed by atoms with Gasteiger partial charge in [-0.1, -0.05) is 23.8 Å². The van der Waals surface area contributed by atoms with Gasteiger partial charge < -0.3 is 15.2 Å². The summed E-state index contributed by atoms with van der Waals surface area (Å²) in [5.41, 5.74) is 13.1. The molecule has 2 unspecified atom stereocenters. The summed E-state index contributed by atoms with van der Waals surface area (Å²) < 4.78 is 0. The molecule has 3 N–H and O–H groups in total. The number of hydrogen-bond acceptors (Lipinski definition) is 5. The molecule has 3 atom stereocenters. The molecule has 3 heterocycles. The Balaban J connectivity index is 1.07. The van der Waals surface area contributed by atoms with Crippen molar-refractivity contribution in [2.45, 2.75) is 70.0 Å². The monoisotopic (exact) mass is 475 g/mol. The van der Waals surface area contributed by atoms with Crippen LogP contribution in [0.2, 0.25) is 0 Å². The van der Waals surface area contributed by atoms with Crippen LogP contribution in [0.25, 0.3) is 0 Å². The number of hydrazine groups is 1. The molecule has 0 aromatic rings. The van der Waals surface area contributed by atoms with Gasteiger partial charge in [0.2, 0.25) is 11.8 Å². The molecule has 186 valence electrons. The number of allylic oxidation sites excluding steroid dienone is 4. The van der Waals surface area contributed by atoms with Gasteiger partial charge in [-0.15, -0.1) is 0 Å². The molecule has 0 aromatic carbocycles. The molecule has 2 amide bonds. The second-order valence-corrected chi connectivity index (χ2v) is 11.9. The van der Waals surface area contributed by atoms with E-state index in [1.165, 1.54) is 28.0 Å². The molecule has 0 bridgehead atoms. The zero-order chi connectivity index (χ0) is 23.7. The first-order valence-electron chi connectivity index (χ1n) is 13.7. The van der Waals surface area contributed by atoms with Gasteiger partial charge in [0.05, 0.1) is 0 Å². The summed E-state index contributed by atoms with van der Waals surface area (Å²) in [6.07, 6.45) is 15.4. The summed E-state index contributed by atoms with van der Waals surface area (Å²) in [5, 5.41) is 3.75. The summed E-state index contributed by atoms with van der Waals surface area (Å²) in [6.45, 7) is 5.55. The number of nitrogens with zero attached hydrogens (tertiary/aromatic N) is 2. The van der Waals surface area contributed by atoms with Crippen LogP contribution in [-0.2, 0) is 9.59 Å². The number of carbonyl (C=O) groups excluding carboxylic acids is 2. The molecular formula is C28H37N5O2. The van der Waals surface area contributed by atoms with Gasteiger partial charge in [0.1, 0.15) is 11.7 Å². The van der Waals surface area contributed by atoms with E-state index >= 15 is 0 Å². The normalized spacial score (nSPS) is 33.6. The Labute approximate surface area is 207 Å². The first-order valence-corrected chi connectivity index (χ1v) is 13.7. The molecule has 7 rings (SSSR count). The van der Waals surface area contributed by atoms with E-state index in [0.29, 0.717) is 17.7 Å². The van der Waals surface area contributed by atoms with Crippen LogP contribution in [0.5, 0.6) is 0 Å². The smallest absolute Gasteiger partial charge is 0.244 e. The molecule has 0 aromatic heterocycles. The second-order valence-electron chi connectivity index (χ2n) is 11.9. The van der Waals surface area contributed by atoms with Crippen molar-refractivity contribution in [2.24, 2.45) is 17.8 Å². The van der Waals surface area contributed by atoms with Crippen LogP contribution in [-0.4, -0.2) is 59.5 Å². The van der Waals surface area contributed by atoms with Crippen molar-refractivity contribution in [3.63, 3.8) is 0 Å². The maximum absolute atomic E-state index is 13.5. The van der Waals surface area contributed by atoms with E-state index in [4.69, 9.17) is 0 Å². The topological polar surface area (TPSA) is 76.7 Å². The van der Waals surface area contributed by atoms with Gasteiger partial charge >= 0.3 is 0 Å². The summed E-state index contributed by atoms with van der Waals surface area (Å²) >= 11 is 0. The van der Waals surface area contributed by atoms with E-state index in [-0.39, 0.29) is 23.5 Å². The van der Waals surface area contributed by atoms with Crippen LogP contribution in [0.1, 0.15) is 58.3 Å². The molecule has 7 aliphatic rings. The standard InChI is InChI=1S/C28H37N5O2/c1-17-12-20(21-5-7-24-22(13-21)14-29-31-24)4-6-23(17)25-30-28(9-10-28)27(35)33(25)16-18-8-11-32(15-18)26(34)19-2-3-19/h6,12-13,18-20,25,29-31H,2-5,7-11,14-16H2,1H3/t18-,20?,25?/m1/s1. The van der Waals surface area contributed by atoms with Gasteiger partial charge in [-0.2, -0.15) is 0 Å². The Morgan fingerprint density at radius 1 is 1.20 bits per heavy atom. The van der Waals surface area contributed by atoms with Crippen molar-refractivity contribution >= 4 is 11.8 Å². The van der Waals surface area contributed by atoms with Crippen molar-refractivity contribution in [3.8, 4) is 0 Å². The highest BCUT2D eigenvalue weighted by atomic mass is 16.2. The number of amides is 2. The van der Waals surface area contributed by atoms with Gasteiger partial charge in [-0.25, -0.2) is 5.43 Å². The lowest BCUT2D eigenvalue weighted by Gasteiger charge is -2.32. The molecule has 0 radical (unpaired) electrons. The number of likely N-dealkylation sites (tertiary alicyclic amines) is 1. The van der Waals surface area contributed by atoms with Gasteiger partial charge in [-0.05, 0) is 80.9 Å². The number of carbonyl (C=O) groups is 2. The Morgan fingerprint density at radius 2 is 2.06 bits per heavy atom. The van der Waals surface area contributed by atoms with Crippen LogP contribution >= 0.6 is 0 Å². The highest BCUT2D eigenvalue weighted by Crippen LogP contribution is 2.46. The fraction of sp³-hybridized carbons (Fsp3) is 0.643. The summed E-state index contributed by atoms with van der Waals surface area (Å²) in [4.78, 5) is 30.2. The highest BCUT2D eigenvalue weighted by molar-refractivity contribution is 5.92. The molecule has 2 saturated carbocycles. The lowest BCUT2D eigenvalue weighted by Crippen LogP contribution is -2.43. The Bertz CT molecular complexity index is 1090. The van der Waals surface area contributed by atoms with E-state index in [1.807, 2.05) is 0 Å². The minimum absolute atomic E-state index is 0.0340. The van der Waals surface area contributed by atoms with Crippen LogP contribution in [0.3, 0.4) is 0 Å². The molecule has 35 heavy (non-hydrogen) atoms. The third-order valence-electron chi connectivity index (χ3n) is 9.32.